The topological polar surface area (TPSA) is 0 Å². The van der Waals surface area contributed by atoms with Crippen molar-refractivity contribution in [2.24, 2.45) is 0 Å². The number of allylic oxidation sites excluding steroid dienone is 1. The van der Waals surface area contributed by atoms with Crippen LogP contribution >= 0.6 is 11.6 Å². The van der Waals surface area contributed by atoms with Crippen LogP contribution in [0.4, 0.5) is 0 Å². The van der Waals surface area contributed by atoms with Crippen molar-refractivity contribution in [3.63, 3.8) is 0 Å². The van der Waals surface area contributed by atoms with Gasteiger partial charge in [-0.3, -0.25) is 0 Å². The molecular formula is C12H15Cl. The summed E-state index contributed by atoms with van der Waals surface area (Å²) in [6, 6.07) is 8.42. The standard InChI is InChI=1S/C12H15Cl/c1-10(2)12-8-4-3-6-11(12)7-5-9-13/h3-8,10H,9H2,1-2H3. The van der Waals surface area contributed by atoms with Crippen molar-refractivity contribution in [3.05, 3.63) is 41.5 Å². The monoisotopic (exact) mass is 194 g/mol. The lowest BCUT2D eigenvalue weighted by atomic mass is 9.97. The number of rotatable bonds is 3. The molecule has 0 aliphatic carbocycles. The lowest BCUT2D eigenvalue weighted by molar-refractivity contribution is 0.864. The molecule has 1 aromatic rings. The van der Waals surface area contributed by atoms with E-state index in [1.807, 2.05) is 6.08 Å². The molecule has 0 amide bonds. The highest BCUT2D eigenvalue weighted by molar-refractivity contribution is 6.19. The molecule has 70 valence electrons. The Labute approximate surface area is 85.2 Å². The Morgan fingerprint density at radius 2 is 2.00 bits per heavy atom. The van der Waals surface area contributed by atoms with Gasteiger partial charge in [-0.1, -0.05) is 50.3 Å². The molecule has 1 rings (SSSR count). The molecule has 0 radical (unpaired) electrons. The van der Waals surface area contributed by atoms with Gasteiger partial charge in [-0.15, -0.1) is 11.6 Å². The molecule has 0 saturated carbocycles. The normalized spacial score (nSPS) is 11.4. The van der Waals surface area contributed by atoms with Gasteiger partial charge in [0.05, 0.1) is 0 Å². The van der Waals surface area contributed by atoms with Gasteiger partial charge >= 0.3 is 0 Å². The smallest absolute Gasteiger partial charge is 0.0407 e. The van der Waals surface area contributed by atoms with E-state index in [1.54, 1.807) is 0 Å². The average Bonchev–Trinajstić information content (AvgIpc) is 2.15. The molecule has 0 aliphatic rings. The second-order valence-electron chi connectivity index (χ2n) is 3.34. The number of hydrogen-bond donors (Lipinski definition) is 0. The molecule has 0 heterocycles. The van der Waals surface area contributed by atoms with Crippen LogP contribution in [0.2, 0.25) is 0 Å². The van der Waals surface area contributed by atoms with Crippen LogP contribution in [0, 0.1) is 0 Å². The van der Waals surface area contributed by atoms with Crippen molar-refractivity contribution in [2.45, 2.75) is 19.8 Å². The summed E-state index contributed by atoms with van der Waals surface area (Å²) in [5.41, 5.74) is 2.65. The molecule has 0 nitrogen and oxygen atoms in total. The van der Waals surface area contributed by atoms with Crippen LogP contribution in [0.15, 0.2) is 30.3 Å². The van der Waals surface area contributed by atoms with Crippen LogP contribution in [0.1, 0.15) is 30.9 Å². The predicted molar refractivity (Wildman–Crippen MR) is 60.3 cm³/mol. The zero-order valence-electron chi connectivity index (χ0n) is 8.13. The molecule has 0 N–H and O–H groups in total. The minimum absolute atomic E-state index is 0.566. The van der Waals surface area contributed by atoms with Crippen molar-refractivity contribution in [1.82, 2.24) is 0 Å². The van der Waals surface area contributed by atoms with Gasteiger partial charge in [0.25, 0.3) is 0 Å². The highest BCUT2D eigenvalue weighted by Gasteiger charge is 2.01. The zero-order chi connectivity index (χ0) is 9.68. The van der Waals surface area contributed by atoms with Gasteiger partial charge in [-0.05, 0) is 17.0 Å². The third-order valence-electron chi connectivity index (χ3n) is 2.00. The van der Waals surface area contributed by atoms with Crippen molar-refractivity contribution < 1.29 is 0 Å². The first-order valence-corrected chi connectivity index (χ1v) is 5.10. The maximum Gasteiger partial charge on any atom is 0.0407 e. The molecule has 1 heteroatoms. The Morgan fingerprint density at radius 3 is 2.62 bits per heavy atom. The summed E-state index contributed by atoms with van der Waals surface area (Å²) in [5, 5.41) is 0. The SMILES string of the molecule is CC(C)c1ccccc1C=CCCl. The fourth-order valence-corrected chi connectivity index (χ4v) is 1.45. The Bertz CT molecular complexity index is 287. The van der Waals surface area contributed by atoms with Crippen LogP contribution in [0.5, 0.6) is 0 Å². The summed E-state index contributed by atoms with van der Waals surface area (Å²) in [5.74, 6) is 1.14. The van der Waals surface area contributed by atoms with E-state index in [1.165, 1.54) is 11.1 Å². The number of hydrogen-bond acceptors (Lipinski definition) is 0. The van der Waals surface area contributed by atoms with Crippen molar-refractivity contribution >= 4 is 17.7 Å². The van der Waals surface area contributed by atoms with E-state index in [0.29, 0.717) is 11.8 Å². The maximum atomic E-state index is 5.60. The number of alkyl halides is 1. The highest BCUT2D eigenvalue weighted by atomic mass is 35.5. The van der Waals surface area contributed by atoms with Crippen molar-refractivity contribution in [1.29, 1.82) is 0 Å². The fourth-order valence-electron chi connectivity index (χ4n) is 1.36. The summed E-state index contributed by atoms with van der Waals surface area (Å²) in [4.78, 5) is 0. The molecule has 0 unspecified atom stereocenters. The average molecular weight is 195 g/mol. The van der Waals surface area contributed by atoms with E-state index in [4.69, 9.17) is 11.6 Å². The van der Waals surface area contributed by atoms with Gasteiger partial charge in [0.15, 0.2) is 0 Å². The first-order chi connectivity index (χ1) is 6.25. The van der Waals surface area contributed by atoms with Crippen LogP contribution < -0.4 is 0 Å². The van der Waals surface area contributed by atoms with Gasteiger partial charge in [-0.2, -0.15) is 0 Å². The van der Waals surface area contributed by atoms with E-state index in [2.05, 4.69) is 44.2 Å². The minimum atomic E-state index is 0.566. The summed E-state index contributed by atoms with van der Waals surface area (Å²) in [6.45, 7) is 4.40. The van der Waals surface area contributed by atoms with Crippen LogP contribution in [-0.4, -0.2) is 5.88 Å². The second kappa shape index (κ2) is 5.08. The molecule has 0 atom stereocenters. The van der Waals surface area contributed by atoms with Gasteiger partial charge in [0, 0.05) is 5.88 Å². The Hall–Kier alpha value is -0.750. The third kappa shape index (κ3) is 2.89. The second-order valence-corrected chi connectivity index (χ2v) is 3.65. The van der Waals surface area contributed by atoms with Gasteiger partial charge in [0.2, 0.25) is 0 Å². The minimum Gasteiger partial charge on any atom is -0.122 e. The summed E-state index contributed by atoms with van der Waals surface area (Å²) < 4.78 is 0. The Kier molecular flexibility index (Phi) is 4.04. The number of halogens is 1. The molecule has 0 saturated heterocycles. The Morgan fingerprint density at radius 1 is 1.31 bits per heavy atom. The van der Waals surface area contributed by atoms with Crippen LogP contribution in [-0.2, 0) is 0 Å². The predicted octanol–water partition coefficient (Wildman–Crippen LogP) is 4.06. The summed E-state index contributed by atoms with van der Waals surface area (Å²) >= 11 is 5.60. The van der Waals surface area contributed by atoms with E-state index < -0.39 is 0 Å². The summed E-state index contributed by atoms with van der Waals surface area (Å²) in [6.07, 6.45) is 4.06. The Balaban J connectivity index is 2.97. The molecule has 0 aromatic heterocycles. The van der Waals surface area contributed by atoms with Gasteiger partial charge in [0.1, 0.15) is 0 Å². The first kappa shape index (κ1) is 10.3. The van der Waals surface area contributed by atoms with E-state index in [9.17, 15) is 0 Å². The fraction of sp³-hybridized carbons (Fsp3) is 0.333. The van der Waals surface area contributed by atoms with Crippen LogP contribution in [0.3, 0.4) is 0 Å². The largest absolute Gasteiger partial charge is 0.122 e. The molecule has 0 fully saturated rings. The maximum absolute atomic E-state index is 5.60. The van der Waals surface area contributed by atoms with Crippen molar-refractivity contribution in [3.8, 4) is 0 Å². The quantitative estimate of drug-likeness (QED) is 0.637. The lowest BCUT2D eigenvalue weighted by Crippen LogP contribution is -1.90. The zero-order valence-corrected chi connectivity index (χ0v) is 8.88. The lowest BCUT2D eigenvalue weighted by Gasteiger charge is -2.08. The summed E-state index contributed by atoms with van der Waals surface area (Å²) in [7, 11) is 0. The molecule has 0 aliphatic heterocycles. The van der Waals surface area contributed by atoms with E-state index in [0.717, 1.165) is 0 Å². The molecular weight excluding hydrogens is 180 g/mol. The number of benzene rings is 1. The van der Waals surface area contributed by atoms with E-state index >= 15 is 0 Å². The third-order valence-corrected chi connectivity index (χ3v) is 2.18. The van der Waals surface area contributed by atoms with Crippen LogP contribution in [0.25, 0.3) is 6.08 Å². The molecule has 0 spiro atoms. The van der Waals surface area contributed by atoms with Gasteiger partial charge < -0.3 is 0 Å². The van der Waals surface area contributed by atoms with Gasteiger partial charge in [-0.25, -0.2) is 0 Å². The molecule has 0 bridgehead atoms. The first-order valence-electron chi connectivity index (χ1n) is 4.57. The van der Waals surface area contributed by atoms with E-state index in [-0.39, 0.29) is 0 Å². The molecule has 1 aromatic carbocycles. The highest BCUT2D eigenvalue weighted by Crippen LogP contribution is 2.20. The van der Waals surface area contributed by atoms with Crippen molar-refractivity contribution in [2.75, 3.05) is 5.88 Å². The molecule has 13 heavy (non-hydrogen) atoms.